The van der Waals surface area contributed by atoms with E-state index in [-0.39, 0.29) is 17.5 Å². The molecule has 20 heavy (non-hydrogen) atoms. The Labute approximate surface area is 124 Å². The van der Waals surface area contributed by atoms with E-state index in [0.29, 0.717) is 18.9 Å². The molecule has 0 amide bonds. The van der Waals surface area contributed by atoms with E-state index in [1.807, 2.05) is 0 Å². The molecule has 118 valence electrons. The minimum Gasteiger partial charge on any atom is -0.462 e. The van der Waals surface area contributed by atoms with Crippen LogP contribution < -0.4 is 5.73 Å². The van der Waals surface area contributed by atoms with Gasteiger partial charge in [-0.15, -0.1) is 0 Å². The standard InChI is InChI=1S/C17H33NO2/c1-13-5-8-15(9-6-13)20-16(19)10-7-14(11-12-18)17(2,3)4/h13-15H,5-12,18H2,1-4H3. The molecule has 0 radical (unpaired) electrons. The first kappa shape index (κ1) is 17.5. The number of esters is 1. The van der Waals surface area contributed by atoms with E-state index < -0.39 is 0 Å². The predicted octanol–water partition coefficient (Wildman–Crippen LogP) is 3.90. The molecule has 0 aromatic carbocycles. The van der Waals surface area contributed by atoms with Crippen LogP contribution in [0.4, 0.5) is 0 Å². The molecule has 1 aliphatic carbocycles. The molecule has 1 rings (SSSR count). The van der Waals surface area contributed by atoms with Gasteiger partial charge in [0.1, 0.15) is 6.10 Å². The van der Waals surface area contributed by atoms with Crippen LogP contribution in [-0.4, -0.2) is 18.6 Å². The normalized spacial score (nSPS) is 25.2. The van der Waals surface area contributed by atoms with Crippen molar-refractivity contribution >= 4 is 5.97 Å². The Morgan fingerprint density at radius 2 is 1.80 bits per heavy atom. The Morgan fingerprint density at radius 1 is 1.20 bits per heavy atom. The fourth-order valence-corrected chi connectivity index (χ4v) is 3.10. The Bertz CT molecular complexity index is 288. The molecular formula is C17H33NO2. The van der Waals surface area contributed by atoms with Crippen molar-refractivity contribution in [2.45, 2.75) is 78.7 Å². The van der Waals surface area contributed by atoms with Crippen LogP contribution in [0.1, 0.15) is 72.6 Å². The van der Waals surface area contributed by atoms with Gasteiger partial charge in [-0.25, -0.2) is 0 Å². The van der Waals surface area contributed by atoms with Gasteiger partial charge in [-0.05, 0) is 62.3 Å². The summed E-state index contributed by atoms with van der Waals surface area (Å²) in [6, 6.07) is 0. The highest BCUT2D eigenvalue weighted by molar-refractivity contribution is 5.69. The maximum absolute atomic E-state index is 12.0. The molecule has 2 N–H and O–H groups in total. The van der Waals surface area contributed by atoms with Gasteiger partial charge in [0.05, 0.1) is 0 Å². The van der Waals surface area contributed by atoms with E-state index in [4.69, 9.17) is 10.5 Å². The van der Waals surface area contributed by atoms with E-state index in [1.165, 1.54) is 12.8 Å². The zero-order valence-electron chi connectivity index (χ0n) is 13.8. The highest BCUT2D eigenvalue weighted by atomic mass is 16.5. The lowest BCUT2D eigenvalue weighted by Crippen LogP contribution is -2.26. The summed E-state index contributed by atoms with van der Waals surface area (Å²) in [5, 5.41) is 0. The van der Waals surface area contributed by atoms with Gasteiger partial charge in [-0.3, -0.25) is 4.79 Å². The van der Waals surface area contributed by atoms with E-state index >= 15 is 0 Å². The molecule has 0 spiro atoms. The molecular weight excluding hydrogens is 250 g/mol. The first-order valence-corrected chi connectivity index (χ1v) is 8.22. The summed E-state index contributed by atoms with van der Waals surface area (Å²) >= 11 is 0. The number of carbonyl (C=O) groups is 1. The second kappa shape index (κ2) is 8.02. The van der Waals surface area contributed by atoms with Gasteiger partial charge >= 0.3 is 5.97 Å². The number of ether oxygens (including phenoxy) is 1. The van der Waals surface area contributed by atoms with Crippen molar-refractivity contribution in [2.75, 3.05) is 6.54 Å². The van der Waals surface area contributed by atoms with E-state index in [1.54, 1.807) is 0 Å². The average molecular weight is 283 g/mol. The lowest BCUT2D eigenvalue weighted by Gasteiger charge is -2.31. The molecule has 1 saturated carbocycles. The molecule has 1 atom stereocenters. The van der Waals surface area contributed by atoms with Gasteiger partial charge in [0.15, 0.2) is 0 Å². The summed E-state index contributed by atoms with van der Waals surface area (Å²) < 4.78 is 5.61. The molecule has 0 saturated heterocycles. The van der Waals surface area contributed by atoms with Crippen LogP contribution in [0, 0.1) is 17.3 Å². The van der Waals surface area contributed by atoms with Crippen LogP contribution >= 0.6 is 0 Å². The highest BCUT2D eigenvalue weighted by Crippen LogP contribution is 2.32. The monoisotopic (exact) mass is 283 g/mol. The van der Waals surface area contributed by atoms with Crippen LogP contribution in [0.5, 0.6) is 0 Å². The molecule has 0 aliphatic heterocycles. The number of hydrogen-bond acceptors (Lipinski definition) is 3. The second-order valence-electron chi connectivity index (χ2n) is 7.55. The summed E-state index contributed by atoms with van der Waals surface area (Å²) in [5.74, 6) is 1.27. The lowest BCUT2D eigenvalue weighted by molar-refractivity contribution is -0.151. The molecule has 0 aromatic heterocycles. The van der Waals surface area contributed by atoms with Crippen LogP contribution in [0.25, 0.3) is 0 Å². The fourth-order valence-electron chi connectivity index (χ4n) is 3.10. The van der Waals surface area contributed by atoms with Crippen molar-refractivity contribution in [2.24, 2.45) is 23.0 Å². The zero-order chi connectivity index (χ0) is 15.2. The van der Waals surface area contributed by atoms with Crippen molar-refractivity contribution in [3.63, 3.8) is 0 Å². The van der Waals surface area contributed by atoms with Gasteiger partial charge in [0.2, 0.25) is 0 Å². The number of carbonyl (C=O) groups excluding carboxylic acids is 1. The van der Waals surface area contributed by atoms with Gasteiger partial charge in [0.25, 0.3) is 0 Å². The topological polar surface area (TPSA) is 52.3 Å². The van der Waals surface area contributed by atoms with E-state index in [9.17, 15) is 4.79 Å². The summed E-state index contributed by atoms with van der Waals surface area (Å²) in [4.78, 5) is 12.0. The van der Waals surface area contributed by atoms with Crippen molar-refractivity contribution in [3.8, 4) is 0 Å². The third-order valence-electron chi connectivity index (χ3n) is 4.70. The van der Waals surface area contributed by atoms with Gasteiger partial charge < -0.3 is 10.5 Å². The first-order valence-electron chi connectivity index (χ1n) is 8.22. The van der Waals surface area contributed by atoms with Crippen LogP contribution in [0.2, 0.25) is 0 Å². The molecule has 0 aromatic rings. The quantitative estimate of drug-likeness (QED) is 0.752. The average Bonchev–Trinajstić information content (AvgIpc) is 2.36. The summed E-state index contributed by atoms with van der Waals surface area (Å²) in [6.45, 7) is 9.64. The summed E-state index contributed by atoms with van der Waals surface area (Å²) in [7, 11) is 0. The Kier molecular flexibility index (Phi) is 7.01. The fraction of sp³-hybridized carbons (Fsp3) is 0.941. The molecule has 0 heterocycles. The van der Waals surface area contributed by atoms with E-state index in [2.05, 4.69) is 27.7 Å². The van der Waals surface area contributed by atoms with Gasteiger partial charge in [-0.1, -0.05) is 27.7 Å². The van der Waals surface area contributed by atoms with Crippen LogP contribution in [0.15, 0.2) is 0 Å². The van der Waals surface area contributed by atoms with Gasteiger partial charge in [0, 0.05) is 6.42 Å². The third-order valence-corrected chi connectivity index (χ3v) is 4.70. The molecule has 0 bridgehead atoms. The second-order valence-corrected chi connectivity index (χ2v) is 7.55. The van der Waals surface area contributed by atoms with Crippen molar-refractivity contribution in [1.82, 2.24) is 0 Å². The molecule has 3 heteroatoms. The molecule has 1 fully saturated rings. The Balaban J connectivity index is 2.31. The van der Waals surface area contributed by atoms with Crippen molar-refractivity contribution in [3.05, 3.63) is 0 Å². The lowest BCUT2D eigenvalue weighted by atomic mass is 9.76. The Morgan fingerprint density at radius 3 is 2.30 bits per heavy atom. The zero-order valence-corrected chi connectivity index (χ0v) is 13.8. The van der Waals surface area contributed by atoms with E-state index in [0.717, 1.165) is 31.6 Å². The number of nitrogens with two attached hydrogens (primary N) is 1. The van der Waals surface area contributed by atoms with Crippen molar-refractivity contribution < 1.29 is 9.53 Å². The summed E-state index contributed by atoms with van der Waals surface area (Å²) in [6.07, 6.45) is 7.04. The maximum atomic E-state index is 12.0. The van der Waals surface area contributed by atoms with Gasteiger partial charge in [-0.2, -0.15) is 0 Å². The number of hydrogen-bond donors (Lipinski definition) is 1. The SMILES string of the molecule is CC1CCC(OC(=O)CCC(CCN)C(C)(C)C)CC1. The minimum absolute atomic E-state index is 0.0178. The first-order chi connectivity index (χ1) is 9.32. The Hall–Kier alpha value is -0.570. The summed E-state index contributed by atoms with van der Waals surface area (Å²) in [5.41, 5.74) is 5.89. The predicted molar refractivity (Wildman–Crippen MR) is 83.4 cm³/mol. The highest BCUT2D eigenvalue weighted by Gasteiger charge is 2.26. The molecule has 1 unspecified atom stereocenters. The maximum Gasteiger partial charge on any atom is 0.306 e. The molecule has 3 nitrogen and oxygen atoms in total. The van der Waals surface area contributed by atoms with Crippen LogP contribution in [-0.2, 0) is 9.53 Å². The minimum atomic E-state index is -0.0178. The van der Waals surface area contributed by atoms with Crippen LogP contribution in [0.3, 0.4) is 0 Å². The van der Waals surface area contributed by atoms with Crippen molar-refractivity contribution in [1.29, 1.82) is 0 Å². The number of rotatable bonds is 6. The largest absolute Gasteiger partial charge is 0.462 e. The molecule has 1 aliphatic rings. The third kappa shape index (κ3) is 6.25. The smallest absolute Gasteiger partial charge is 0.306 e.